The van der Waals surface area contributed by atoms with Crippen LogP contribution in [0, 0.1) is 0 Å². The SMILES string of the molecule is CCNC(=NCc1ccc(OC)c(C(=O)OC)c1)NCc1ccccc1OC. The Balaban J connectivity index is 2.12. The molecule has 0 bridgehead atoms. The number of nitrogens with zero attached hydrogens (tertiary/aromatic N) is 1. The summed E-state index contributed by atoms with van der Waals surface area (Å²) in [6.45, 7) is 3.71. The van der Waals surface area contributed by atoms with Crippen molar-refractivity contribution in [3.8, 4) is 11.5 Å². The van der Waals surface area contributed by atoms with Crippen LogP contribution in [0.5, 0.6) is 11.5 Å². The van der Waals surface area contributed by atoms with Crippen molar-refractivity contribution in [2.45, 2.75) is 20.0 Å². The van der Waals surface area contributed by atoms with Crippen LogP contribution in [0.15, 0.2) is 47.5 Å². The number of hydrogen-bond acceptors (Lipinski definition) is 5. The molecule has 2 rings (SSSR count). The molecule has 28 heavy (non-hydrogen) atoms. The summed E-state index contributed by atoms with van der Waals surface area (Å²) >= 11 is 0. The molecule has 2 aromatic rings. The molecular formula is C21H27N3O4. The second-order valence-corrected chi connectivity index (χ2v) is 5.89. The maximum Gasteiger partial charge on any atom is 0.341 e. The van der Waals surface area contributed by atoms with E-state index in [1.807, 2.05) is 37.3 Å². The average Bonchev–Trinajstić information content (AvgIpc) is 2.75. The highest BCUT2D eigenvalue weighted by atomic mass is 16.5. The van der Waals surface area contributed by atoms with Gasteiger partial charge in [-0.25, -0.2) is 9.79 Å². The molecule has 0 aliphatic heterocycles. The monoisotopic (exact) mass is 385 g/mol. The van der Waals surface area contributed by atoms with E-state index in [4.69, 9.17) is 14.2 Å². The molecular weight excluding hydrogens is 358 g/mol. The highest BCUT2D eigenvalue weighted by Gasteiger charge is 2.13. The molecule has 2 aromatic carbocycles. The fourth-order valence-electron chi connectivity index (χ4n) is 2.66. The lowest BCUT2D eigenvalue weighted by molar-refractivity contribution is 0.0597. The quantitative estimate of drug-likeness (QED) is 0.413. The van der Waals surface area contributed by atoms with Crippen molar-refractivity contribution in [1.82, 2.24) is 10.6 Å². The number of nitrogens with one attached hydrogen (secondary N) is 2. The molecule has 2 N–H and O–H groups in total. The summed E-state index contributed by atoms with van der Waals surface area (Å²) in [7, 11) is 4.52. The number of aliphatic imine (C=N–C) groups is 1. The Labute approximate surface area is 165 Å². The maximum atomic E-state index is 11.9. The molecule has 0 saturated heterocycles. The summed E-state index contributed by atoms with van der Waals surface area (Å²) in [5.74, 6) is 1.53. The predicted molar refractivity (Wildman–Crippen MR) is 109 cm³/mol. The molecule has 0 aromatic heterocycles. The number of rotatable bonds is 8. The van der Waals surface area contributed by atoms with Gasteiger partial charge < -0.3 is 24.8 Å². The lowest BCUT2D eigenvalue weighted by atomic mass is 10.1. The fourth-order valence-corrected chi connectivity index (χ4v) is 2.66. The topological polar surface area (TPSA) is 81.2 Å². The number of ether oxygens (including phenoxy) is 3. The first-order chi connectivity index (χ1) is 13.6. The first kappa shape index (κ1) is 21.1. The number of methoxy groups -OCH3 is 3. The molecule has 0 heterocycles. The second kappa shape index (κ2) is 10.8. The summed E-state index contributed by atoms with van der Waals surface area (Å²) in [5.41, 5.74) is 2.29. The van der Waals surface area contributed by atoms with E-state index in [1.54, 1.807) is 19.2 Å². The number of para-hydroxylation sites is 1. The van der Waals surface area contributed by atoms with Crippen LogP contribution < -0.4 is 20.1 Å². The number of carbonyl (C=O) groups excluding carboxylic acids is 1. The zero-order valence-electron chi connectivity index (χ0n) is 16.7. The molecule has 0 radical (unpaired) electrons. The van der Waals surface area contributed by atoms with E-state index in [-0.39, 0.29) is 0 Å². The Morgan fingerprint density at radius 2 is 1.75 bits per heavy atom. The molecule has 0 atom stereocenters. The van der Waals surface area contributed by atoms with E-state index >= 15 is 0 Å². The minimum absolute atomic E-state index is 0.379. The second-order valence-electron chi connectivity index (χ2n) is 5.89. The van der Waals surface area contributed by atoms with Gasteiger partial charge in [0.2, 0.25) is 0 Å². The Bertz CT molecular complexity index is 821. The van der Waals surface area contributed by atoms with E-state index in [0.29, 0.717) is 30.4 Å². The first-order valence-electron chi connectivity index (χ1n) is 9.02. The molecule has 0 aliphatic carbocycles. The van der Waals surface area contributed by atoms with Gasteiger partial charge in [-0.1, -0.05) is 24.3 Å². The summed E-state index contributed by atoms with van der Waals surface area (Å²) in [5, 5.41) is 6.51. The normalized spacial score (nSPS) is 10.9. The van der Waals surface area contributed by atoms with Crippen LogP contribution in [0.3, 0.4) is 0 Å². The molecule has 7 nitrogen and oxygen atoms in total. The number of hydrogen-bond donors (Lipinski definition) is 2. The maximum absolute atomic E-state index is 11.9. The summed E-state index contributed by atoms with van der Waals surface area (Å²) in [6, 6.07) is 13.2. The zero-order chi connectivity index (χ0) is 20.4. The minimum Gasteiger partial charge on any atom is -0.496 e. The van der Waals surface area contributed by atoms with Gasteiger partial charge in [-0.05, 0) is 30.7 Å². The van der Waals surface area contributed by atoms with E-state index in [0.717, 1.165) is 23.4 Å². The third kappa shape index (κ3) is 5.64. The van der Waals surface area contributed by atoms with Gasteiger partial charge >= 0.3 is 5.97 Å². The third-order valence-corrected chi connectivity index (χ3v) is 4.07. The van der Waals surface area contributed by atoms with E-state index < -0.39 is 5.97 Å². The van der Waals surface area contributed by atoms with Crippen LogP contribution in [0.25, 0.3) is 0 Å². The molecule has 7 heteroatoms. The van der Waals surface area contributed by atoms with Crippen LogP contribution in [0.1, 0.15) is 28.4 Å². The standard InChI is InChI=1S/C21H27N3O4/c1-5-22-21(24-14-16-8-6-7-9-18(16)26-2)23-13-15-10-11-19(27-3)17(12-15)20(25)28-4/h6-12H,5,13-14H2,1-4H3,(H2,22,23,24). The van der Waals surface area contributed by atoms with Crippen LogP contribution in [-0.2, 0) is 17.8 Å². The van der Waals surface area contributed by atoms with E-state index in [1.165, 1.54) is 14.2 Å². The first-order valence-corrected chi connectivity index (χ1v) is 9.02. The van der Waals surface area contributed by atoms with Crippen molar-refractivity contribution in [2.75, 3.05) is 27.9 Å². The van der Waals surface area contributed by atoms with Crippen LogP contribution in [0.4, 0.5) is 0 Å². The van der Waals surface area contributed by atoms with Crippen molar-refractivity contribution in [3.63, 3.8) is 0 Å². The minimum atomic E-state index is -0.441. The van der Waals surface area contributed by atoms with Crippen molar-refractivity contribution < 1.29 is 19.0 Å². The number of carbonyl (C=O) groups is 1. The van der Waals surface area contributed by atoms with Gasteiger partial charge in [-0.3, -0.25) is 0 Å². The lowest BCUT2D eigenvalue weighted by Gasteiger charge is -2.14. The smallest absolute Gasteiger partial charge is 0.341 e. The van der Waals surface area contributed by atoms with Crippen molar-refractivity contribution in [2.24, 2.45) is 4.99 Å². The van der Waals surface area contributed by atoms with Gasteiger partial charge in [0, 0.05) is 18.7 Å². The largest absolute Gasteiger partial charge is 0.496 e. The van der Waals surface area contributed by atoms with Crippen LogP contribution >= 0.6 is 0 Å². The van der Waals surface area contributed by atoms with Gasteiger partial charge in [0.05, 0.1) is 27.9 Å². The Morgan fingerprint density at radius 1 is 1.00 bits per heavy atom. The van der Waals surface area contributed by atoms with Gasteiger partial charge in [-0.15, -0.1) is 0 Å². The van der Waals surface area contributed by atoms with Crippen molar-refractivity contribution >= 4 is 11.9 Å². The Hall–Kier alpha value is -3.22. The molecule has 0 fully saturated rings. The van der Waals surface area contributed by atoms with Gasteiger partial charge in [0.15, 0.2) is 5.96 Å². The average molecular weight is 385 g/mol. The molecule has 0 saturated carbocycles. The van der Waals surface area contributed by atoms with Crippen LogP contribution in [0.2, 0.25) is 0 Å². The molecule has 150 valence electrons. The highest BCUT2D eigenvalue weighted by molar-refractivity contribution is 5.92. The Kier molecular flexibility index (Phi) is 8.14. The molecule has 0 spiro atoms. The van der Waals surface area contributed by atoms with Gasteiger partial charge in [0.25, 0.3) is 0 Å². The zero-order valence-corrected chi connectivity index (χ0v) is 16.7. The third-order valence-electron chi connectivity index (χ3n) is 4.07. The number of guanidine groups is 1. The van der Waals surface area contributed by atoms with E-state index in [2.05, 4.69) is 15.6 Å². The van der Waals surface area contributed by atoms with Crippen molar-refractivity contribution in [1.29, 1.82) is 0 Å². The van der Waals surface area contributed by atoms with Crippen molar-refractivity contribution in [3.05, 3.63) is 59.2 Å². The van der Waals surface area contributed by atoms with Crippen LogP contribution in [-0.4, -0.2) is 39.8 Å². The van der Waals surface area contributed by atoms with E-state index in [9.17, 15) is 4.79 Å². The predicted octanol–water partition coefficient (Wildman–Crippen LogP) is 2.75. The molecule has 0 aliphatic rings. The molecule has 0 amide bonds. The summed E-state index contributed by atoms with van der Waals surface area (Å²) in [6.07, 6.45) is 0. The summed E-state index contributed by atoms with van der Waals surface area (Å²) < 4.78 is 15.4. The Morgan fingerprint density at radius 3 is 2.43 bits per heavy atom. The highest BCUT2D eigenvalue weighted by Crippen LogP contribution is 2.21. The molecule has 0 unspecified atom stereocenters. The lowest BCUT2D eigenvalue weighted by Crippen LogP contribution is -2.36. The number of benzene rings is 2. The fraction of sp³-hybridized carbons (Fsp3) is 0.333. The van der Waals surface area contributed by atoms with Gasteiger partial charge in [-0.2, -0.15) is 0 Å². The van der Waals surface area contributed by atoms with Gasteiger partial charge in [0.1, 0.15) is 17.1 Å². The summed E-state index contributed by atoms with van der Waals surface area (Å²) in [4.78, 5) is 16.5. The number of esters is 1.